The van der Waals surface area contributed by atoms with E-state index in [0.717, 1.165) is 38.8 Å². The minimum atomic E-state index is -0.834. The SMILES string of the molecule is CCCCCCCCCCCCN[C@@H](CSSC[C@H](NCCCCCCCCCCCC)C(=O)O)C(=O)O. The van der Waals surface area contributed by atoms with Gasteiger partial charge in [0.05, 0.1) is 0 Å². The van der Waals surface area contributed by atoms with Gasteiger partial charge in [-0.05, 0) is 25.9 Å². The topological polar surface area (TPSA) is 98.7 Å². The molecule has 0 aromatic carbocycles. The van der Waals surface area contributed by atoms with Gasteiger partial charge in [0.25, 0.3) is 0 Å². The van der Waals surface area contributed by atoms with Crippen molar-refractivity contribution in [3.63, 3.8) is 0 Å². The van der Waals surface area contributed by atoms with Crippen LogP contribution in [0.2, 0.25) is 0 Å². The normalized spacial score (nSPS) is 13.0. The predicted octanol–water partition coefficient (Wildman–Crippen LogP) is 8.30. The van der Waals surface area contributed by atoms with Crippen molar-refractivity contribution in [2.75, 3.05) is 24.6 Å². The Labute approximate surface area is 242 Å². The molecule has 0 unspecified atom stereocenters. The van der Waals surface area contributed by atoms with Crippen LogP contribution in [-0.4, -0.2) is 58.8 Å². The van der Waals surface area contributed by atoms with E-state index in [1.165, 1.54) is 124 Å². The summed E-state index contributed by atoms with van der Waals surface area (Å²) in [4.78, 5) is 23.2. The Morgan fingerprint density at radius 3 is 1.03 bits per heavy atom. The zero-order valence-electron chi connectivity index (χ0n) is 24.7. The number of hydrogen-bond acceptors (Lipinski definition) is 6. The molecule has 0 aromatic rings. The molecule has 0 aromatic heterocycles. The third-order valence-corrected chi connectivity index (χ3v) is 9.41. The maximum Gasteiger partial charge on any atom is 0.321 e. The fourth-order valence-electron chi connectivity index (χ4n) is 4.44. The van der Waals surface area contributed by atoms with E-state index in [9.17, 15) is 19.8 Å². The first-order valence-corrected chi connectivity index (χ1v) is 18.2. The third kappa shape index (κ3) is 25.8. The van der Waals surface area contributed by atoms with Gasteiger partial charge in [-0.2, -0.15) is 0 Å². The first-order chi connectivity index (χ1) is 18.5. The summed E-state index contributed by atoms with van der Waals surface area (Å²) in [5.41, 5.74) is 0. The molecule has 38 heavy (non-hydrogen) atoms. The van der Waals surface area contributed by atoms with E-state index >= 15 is 0 Å². The second-order valence-corrected chi connectivity index (χ2v) is 13.2. The lowest BCUT2D eigenvalue weighted by Gasteiger charge is -2.16. The molecule has 6 nitrogen and oxygen atoms in total. The van der Waals surface area contributed by atoms with Gasteiger partial charge in [0.15, 0.2) is 0 Å². The Kier molecular flexibility index (Phi) is 29.2. The van der Waals surface area contributed by atoms with E-state index in [-0.39, 0.29) is 0 Å². The fraction of sp³-hybridized carbons (Fsp3) is 0.933. The van der Waals surface area contributed by atoms with E-state index in [2.05, 4.69) is 24.5 Å². The van der Waals surface area contributed by atoms with Gasteiger partial charge in [-0.15, -0.1) is 0 Å². The van der Waals surface area contributed by atoms with Crippen LogP contribution < -0.4 is 10.6 Å². The molecule has 0 bridgehead atoms. The highest BCUT2D eigenvalue weighted by molar-refractivity contribution is 8.76. The number of aliphatic carboxylic acids is 2. The molecule has 0 aliphatic rings. The molecule has 0 saturated heterocycles. The molecule has 0 aliphatic heterocycles. The minimum Gasteiger partial charge on any atom is -0.480 e. The first-order valence-electron chi connectivity index (χ1n) is 15.7. The van der Waals surface area contributed by atoms with Gasteiger partial charge in [-0.25, -0.2) is 0 Å². The van der Waals surface area contributed by atoms with Gasteiger partial charge in [0, 0.05) is 11.5 Å². The van der Waals surface area contributed by atoms with Crippen LogP contribution in [0, 0.1) is 0 Å². The Morgan fingerprint density at radius 2 is 0.763 bits per heavy atom. The van der Waals surface area contributed by atoms with Crippen molar-refractivity contribution in [2.24, 2.45) is 0 Å². The van der Waals surface area contributed by atoms with E-state index < -0.39 is 24.0 Å². The lowest BCUT2D eigenvalue weighted by Crippen LogP contribution is -2.40. The highest BCUT2D eigenvalue weighted by Crippen LogP contribution is 2.23. The summed E-state index contributed by atoms with van der Waals surface area (Å²) < 4.78 is 0. The predicted molar refractivity (Wildman–Crippen MR) is 167 cm³/mol. The number of nitrogens with one attached hydrogen (secondary N) is 2. The van der Waals surface area contributed by atoms with E-state index in [0.29, 0.717) is 11.5 Å². The number of unbranched alkanes of at least 4 members (excludes halogenated alkanes) is 18. The Bertz CT molecular complexity index is 494. The quantitative estimate of drug-likeness (QED) is 0.0483. The standard InChI is InChI=1S/C30H60N2O4S2/c1-3-5-7-9-11-13-15-17-19-21-23-31-27(29(33)34)25-37-38-26-28(30(35)36)32-24-22-20-18-16-14-12-10-8-6-4-2/h27-28,31-32H,3-26H2,1-2H3,(H,33,34)(H,35,36)/t27-,28-/m0/s1. The number of rotatable bonds is 31. The van der Waals surface area contributed by atoms with Crippen LogP contribution in [0.1, 0.15) is 142 Å². The number of carbonyl (C=O) groups is 2. The molecule has 0 amide bonds. The van der Waals surface area contributed by atoms with Gasteiger partial charge in [-0.1, -0.05) is 151 Å². The van der Waals surface area contributed by atoms with Crippen LogP contribution in [0.25, 0.3) is 0 Å². The van der Waals surface area contributed by atoms with Crippen LogP contribution in [-0.2, 0) is 9.59 Å². The summed E-state index contributed by atoms with van der Waals surface area (Å²) in [6, 6.07) is -1.18. The van der Waals surface area contributed by atoms with Gasteiger partial charge in [-0.3, -0.25) is 9.59 Å². The van der Waals surface area contributed by atoms with Crippen molar-refractivity contribution in [3.8, 4) is 0 Å². The van der Waals surface area contributed by atoms with E-state index in [1.807, 2.05) is 0 Å². The minimum absolute atomic E-state index is 0.433. The van der Waals surface area contributed by atoms with Crippen LogP contribution in [0.4, 0.5) is 0 Å². The smallest absolute Gasteiger partial charge is 0.321 e. The summed E-state index contributed by atoms with van der Waals surface area (Å²) in [7, 11) is 2.90. The third-order valence-electron chi connectivity index (χ3n) is 6.99. The molecular weight excluding hydrogens is 516 g/mol. The lowest BCUT2D eigenvalue weighted by atomic mass is 10.1. The van der Waals surface area contributed by atoms with Gasteiger partial charge < -0.3 is 20.8 Å². The van der Waals surface area contributed by atoms with Crippen molar-refractivity contribution in [3.05, 3.63) is 0 Å². The molecule has 0 aliphatic carbocycles. The second kappa shape index (κ2) is 29.5. The van der Waals surface area contributed by atoms with Gasteiger partial charge in [0.2, 0.25) is 0 Å². The van der Waals surface area contributed by atoms with Crippen molar-refractivity contribution >= 4 is 33.5 Å². The molecule has 2 atom stereocenters. The van der Waals surface area contributed by atoms with Crippen molar-refractivity contribution in [2.45, 2.75) is 154 Å². The number of carboxylic acids is 2. The fourth-order valence-corrected chi connectivity index (χ4v) is 6.82. The highest BCUT2D eigenvalue weighted by atomic mass is 33.1. The molecule has 0 radical (unpaired) electrons. The number of carboxylic acid groups (broad SMARTS) is 2. The van der Waals surface area contributed by atoms with Crippen molar-refractivity contribution < 1.29 is 19.8 Å². The molecule has 0 fully saturated rings. The molecular formula is C30H60N2O4S2. The Balaban J connectivity index is 3.78. The lowest BCUT2D eigenvalue weighted by molar-refractivity contribution is -0.139. The zero-order valence-corrected chi connectivity index (χ0v) is 26.3. The van der Waals surface area contributed by atoms with Gasteiger partial charge >= 0.3 is 11.9 Å². The summed E-state index contributed by atoms with van der Waals surface area (Å²) >= 11 is 0. The summed E-state index contributed by atoms with van der Waals surface area (Å²) in [5.74, 6) is -0.802. The maximum absolute atomic E-state index is 11.6. The molecule has 226 valence electrons. The summed E-state index contributed by atoms with van der Waals surface area (Å²) in [5, 5.41) is 25.3. The zero-order chi connectivity index (χ0) is 28.1. The monoisotopic (exact) mass is 576 g/mol. The highest BCUT2D eigenvalue weighted by Gasteiger charge is 2.19. The largest absolute Gasteiger partial charge is 0.480 e. The molecule has 0 rings (SSSR count). The molecule has 0 saturated carbocycles. The Morgan fingerprint density at radius 1 is 0.500 bits per heavy atom. The first kappa shape index (κ1) is 37.6. The molecule has 0 spiro atoms. The van der Waals surface area contributed by atoms with Crippen LogP contribution >= 0.6 is 21.6 Å². The molecule has 4 N–H and O–H groups in total. The van der Waals surface area contributed by atoms with Crippen LogP contribution in [0.15, 0.2) is 0 Å². The van der Waals surface area contributed by atoms with Crippen molar-refractivity contribution in [1.29, 1.82) is 0 Å². The van der Waals surface area contributed by atoms with Crippen LogP contribution in [0.3, 0.4) is 0 Å². The summed E-state index contributed by atoms with van der Waals surface area (Å²) in [6.07, 6.45) is 25.3. The summed E-state index contributed by atoms with van der Waals surface area (Å²) in [6.45, 7) is 5.93. The maximum atomic E-state index is 11.6. The average Bonchev–Trinajstić information content (AvgIpc) is 2.89. The van der Waals surface area contributed by atoms with Crippen LogP contribution in [0.5, 0.6) is 0 Å². The van der Waals surface area contributed by atoms with Gasteiger partial charge in [0.1, 0.15) is 12.1 Å². The van der Waals surface area contributed by atoms with Crippen molar-refractivity contribution in [1.82, 2.24) is 10.6 Å². The average molecular weight is 577 g/mol. The molecule has 0 heterocycles. The number of hydrogen-bond donors (Lipinski definition) is 4. The second-order valence-electron chi connectivity index (χ2n) is 10.6. The Hall–Kier alpha value is -0.440. The molecule has 8 heteroatoms. The van der Waals surface area contributed by atoms with E-state index in [4.69, 9.17) is 0 Å². The van der Waals surface area contributed by atoms with E-state index in [1.54, 1.807) is 0 Å².